The molecule has 0 spiro atoms. The van der Waals surface area contributed by atoms with Gasteiger partial charge < -0.3 is 10.4 Å². The van der Waals surface area contributed by atoms with E-state index in [2.05, 4.69) is 11.9 Å². The lowest BCUT2D eigenvalue weighted by Gasteiger charge is -2.09. The molecule has 2 aromatic rings. The fourth-order valence-electron chi connectivity index (χ4n) is 1.64. The quantitative estimate of drug-likeness (QED) is 0.853. The van der Waals surface area contributed by atoms with Gasteiger partial charge in [-0.3, -0.25) is 0 Å². The average Bonchev–Trinajstić information content (AvgIpc) is 2.40. The Kier molecular flexibility index (Phi) is 3.44. The van der Waals surface area contributed by atoms with Crippen molar-refractivity contribution in [3.05, 3.63) is 66.2 Å². The first-order valence-electron chi connectivity index (χ1n) is 5.52. The molecule has 0 unspecified atom stereocenters. The average molecular weight is 239 g/mol. The van der Waals surface area contributed by atoms with Gasteiger partial charge in [-0.25, -0.2) is 4.79 Å². The molecule has 0 atom stereocenters. The molecule has 2 rings (SSSR count). The van der Waals surface area contributed by atoms with E-state index in [1.165, 1.54) is 0 Å². The molecular weight excluding hydrogens is 226 g/mol. The molecule has 0 radical (unpaired) electrons. The summed E-state index contributed by atoms with van der Waals surface area (Å²) in [6, 6.07) is 14.4. The summed E-state index contributed by atoms with van der Waals surface area (Å²) < 4.78 is 0. The molecular formula is C15H13NO2. The fourth-order valence-corrected chi connectivity index (χ4v) is 1.64. The van der Waals surface area contributed by atoms with Crippen molar-refractivity contribution in [1.82, 2.24) is 0 Å². The number of hydrogen-bond acceptors (Lipinski definition) is 2. The topological polar surface area (TPSA) is 49.3 Å². The summed E-state index contributed by atoms with van der Waals surface area (Å²) in [6.07, 6.45) is 1.76. The maximum Gasteiger partial charge on any atom is 0.337 e. The van der Waals surface area contributed by atoms with Gasteiger partial charge in [0.25, 0.3) is 0 Å². The van der Waals surface area contributed by atoms with Crippen LogP contribution in [0.2, 0.25) is 0 Å². The van der Waals surface area contributed by atoms with Gasteiger partial charge in [-0.05, 0) is 29.8 Å². The predicted molar refractivity (Wildman–Crippen MR) is 73.2 cm³/mol. The monoisotopic (exact) mass is 239 g/mol. The van der Waals surface area contributed by atoms with E-state index in [-0.39, 0.29) is 5.56 Å². The highest BCUT2D eigenvalue weighted by Crippen LogP contribution is 2.21. The highest BCUT2D eigenvalue weighted by Gasteiger charge is 2.08. The molecule has 0 saturated heterocycles. The summed E-state index contributed by atoms with van der Waals surface area (Å²) >= 11 is 0. The second-order valence-corrected chi connectivity index (χ2v) is 3.80. The van der Waals surface area contributed by atoms with Crippen molar-refractivity contribution in [2.75, 3.05) is 5.32 Å². The van der Waals surface area contributed by atoms with Gasteiger partial charge in [0.05, 0.1) is 11.3 Å². The second-order valence-electron chi connectivity index (χ2n) is 3.80. The summed E-state index contributed by atoms with van der Waals surface area (Å²) in [6.45, 7) is 3.68. The van der Waals surface area contributed by atoms with Gasteiger partial charge in [0.15, 0.2) is 0 Å². The molecule has 0 saturated carbocycles. The zero-order valence-electron chi connectivity index (χ0n) is 9.76. The summed E-state index contributed by atoms with van der Waals surface area (Å²) in [5, 5.41) is 12.2. The molecule has 0 heterocycles. The maximum atomic E-state index is 11.1. The van der Waals surface area contributed by atoms with Crippen LogP contribution in [-0.2, 0) is 0 Å². The Morgan fingerprint density at radius 1 is 1.11 bits per heavy atom. The summed E-state index contributed by atoms with van der Waals surface area (Å²) in [5.74, 6) is -0.944. The van der Waals surface area contributed by atoms with E-state index >= 15 is 0 Å². The number of rotatable bonds is 4. The van der Waals surface area contributed by atoms with Gasteiger partial charge >= 0.3 is 5.97 Å². The molecule has 3 heteroatoms. The molecule has 0 amide bonds. The highest BCUT2D eigenvalue weighted by molar-refractivity contribution is 5.95. The van der Waals surface area contributed by atoms with Crippen LogP contribution in [0.5, 0.6) is 0 Å². The summed E-state index contributed by atoms with van der Waals surface area (Å²) in [5.41, 5.74) is 2.70. The van der Waals surface area contributed by atoms with E-state index in [4.69, 9.17) is 5.11 Å². The minimum atomic E-state index is -0.944. The van der Waals surface area contributed by atoms with Crippen molar-refractivity contribution in [2.24, 2.45) is 0 Å². The van der Waals surface area contributed by atoms with Crippen LogP contribution in [0.25, 0.3) is 6.08 Å². The van der Waals surface area contributed by atoms with E-state index in [1.807, 2.05) is 24.3 Å². The predicted octanol–water partition coefficient (Wildman–Crippen LogP) is 3.77. The van der Waals surface area contributed by atoms with E-state index in [9.17, 15) is 4.79 Å². The normalized spacial score (nSPS) is 9.78. The Morgan fingerprint density at radius 3 is 2.39 bits per heavy atom. The minimum Gasteiger partial charge on any atom is -0.478 e. The fraction of sp³-hybridized carbons (Fsp3) is 0. The minimum absolute atomic E-state index is 0.255. The van der Waals surface area contributed by atoms with Gasteiger partial charge in [0.2, 0.25) is 0 Å². The molecule has 3 nitrogen and oxygen atoms in total. The third-order valence-corrected chi connectivity index (χ3v) is 2.58. The van der Waals surface area contributed by atoms with Crippen LogP contribution in [0.15, 0.2) is 55.1 Å². The first-order chi connectivity index (χ1) is 8.70. The highest BCUT2D eigenvalue weighted by atomic mass is 16.4. The Hall–Kier alpha value is -2.55. The maximum absolute atomic E-state index is 11.1. The lowest BCUT2D eigenvalue weighted by atomic mass is 10.1. The lowest BCUT2D eigenvalue weighted by molar-refractivity contribution is 0.0698. The van der Waals surface area contributed by atoms with Gasteiger partial charge in [-0.2, -0.15) is 0 Å². The van der Waals surface area contributed by atoms with Gasteiger partial charge in [0.1, 0.15) is 0 Å². The van der Waals surface area contributed by atoms with E-state index < -0.39 is 5.97 Å². The van der Waals surface area contributed by atoms with Gasteiger partial charge in [-0.15, -0.1) is 0 Å². The number of carboxylic acid groups (broad SMARTS) is 1. The van der Waals surface area contributed by atoms with Crippen molar-refractivity contribution in [3.63, 3.8) is 0 Å². The molecule has 0 aliphatic heterocycles. The molecule has 18 heavy (non-hydrogen) atoms. The SMILES string of the molecule is C=Cc1ccc(Nc2ccccc2C(=O)O)cc1. The number of anilines is 2. The zero-order chi connectivity index (χ0) is 13.0. The largest absolute Gasteiger partial charge is 0.478 e. The lowest BCUT2D eigenvalue weighted by Crippen LogP contribution is -2.02. The van der Waals surface area contributed by atoms with Crippen LogP contribution < -0.4 is 5.32 Å². The number of para-hydroxylation sites is 1. The van der Waals surface area contributed by atoms with Crippen molar-refractivity contribution in [3.8, 4) is 0 Å². The van der Waals surface area contributed by atoms with Crippen molar-refractivity contribution < 1.29 is 9.90 Å². The zero-order valence-corrected chi connectivity index (χ0v) is 9.76. The van der Waals surface area contributed by atoms with E-state index in [0.717, 1.165) is 11.3 Å². The van der Waals surface area contributed by atoms with Crippen LogP contribution in [-0.4, -0.2) is 11.1 Å². The first-order valence-corrected chi connectivity index (χ1v) is 5.52. The number of benzene rings is 2. The smallest absolute Gasteiger partial charge is 0.337 e. The molecule has 0 fully saturated rings. The Morgan fingerprint density at radius 2 is 1.78 bits per heavy atom. The van der Waals surface area contributed by atoms with Crippen LogP contribution in [0, 0.1) is 0 Å². The number of nitrogens with one attached hydrogen (secondary N) is 1. The molecule has 0 aliphatic rings. The van der Waals surface area contributed by atoms with Crippen LogP contribution in [0.3, 0.4) is 0 Å². The second kappa shape index (κ2) is 5.19. The van der Waals surface area contributed by atoms with Crippen LogP contribution >= 0.6 is 0 Å². The molecule has 0 bridgehead atoms. The van der Waals surface area contributed by atoms with Gasteiger partial charge in [-0.1, -0.05) is 36.9 Å². The molecule has 2 N–H and O–H groups in total. The van der Waals surface area contributed by atoms with Gasteiger partial charge in [0, 0.05) is 5.69 Å². The number of carboxylic acids is 1. The van der Waals surface area contributed by atoms with Crippen molar-refractivity contribution in [1.29, 1.82) is 0 Å². The van der Waals surface area contributed by atoms with E-state index in [1.54, 1.807) is 30.3 Å². The Balaban J connectivity index is 2.28. The summed E-state index contributed by atoms with van der Waals surface area (Å²) in [4.78, 5) is 11.1. The summed E-state index contributed by atoms with van der Waals surface area (Å²) in [7, 11) is 0. The third kappa shape index (κ3) is 2.58. The molecule has 90 valence electrons. The Bertz CT molecular complexity index is 573. The van der Waals surface area contributed by atoms with E-state index in [0.29, 0.717) is 5.69 Å². The number of carbonyl (C=O) groups is 1. The van der Waals surface area contributed by atoms with Crippen LogP contribution in [0.1, 0.15) is 15.9 Å². The van der Waals surface area contributed by atoms with Crippen molar-refractivity contribution >= 4 is 23.4 Å². The van der Waals surface area contributed by atoms with Crippen molar-refractivity contribution in [2.45, 2.75) is 0 Å². The Labute approximate surface area is 105 Å². The van der Waals surface area contributed by atoms with Crippen LogP contribution in [0.4, 0.5) is 11.4 Å². The third-order valence-electron chi connectivity index (χ3n) is 2.58. The number of aromatic carboxylic acids is 1. The number of hydrogen-bond donors (Lipinski definition) is 2. The standard InChI is InChI=1S/C15H13NO2/c1-2-11-7-9-12(10-8-11)16-14-6-4-3-5-13(14)15(17)18/h2-10,16H,1H2,(H,17,18). The molecule has 2 aromatic carbocycles. The molecule has 0 aromatic heterocycles. The molecule has 0 aliphatic carbocycles. The first kappa shape index (κ1) is 11.9.